The Kier molecular flexibility index (Phi) is 4.19. The first kappa shape index (κ1) is 13.4. The van der Waals surface area contributed by atoms with Crippen molar-refractivity contribution in [3.05, 3.63) is 42.2 Å². The largest absolute Gasteiger partial charge is 0.396 e. The van der Waals surface area contributed by atoms with Crippen molar-refractivity contribution in [3.63, 3.8) is 0 Å². The number of amides is 2. The van der Waals surface area contributed by atoms with Crippen molar-refractivity contribution in [1.82, 2.24) is 15.1 Å². The number of benzene rings is 1. The summed E-state index contributed by atoms with van der Waals surface area (Å²) in [6.07, 6.45) is 3.25. The minimum Gasteiger partial charge on any atom is -0.396 e. The Morgan fingerprint density at radius 2 is 2.15 bits per heavy atom. The molecule has 0 aliphatic heterocycles. The van der Waals surface area contributed by atoms with Gasteiger partial charge in [-0.25, -0.2) is 4.79 Å². The van der Waals surface area contributed by atoms with Crippen molar-refractivity contribution >= 4 is 17.4 Å². The minimum absolute atomic E-state index is 0.310. The number of rotatable bonds is 4. The smallest absolute Gasteiger partial charge is 0.319 e. The number of urea groups is 1. The molecule has 1 heterocycles. The number of nitrogens with one attached hydrogen (secondary N) is 2. The third kappa shape index (κ3) is 3.74. The Morgan fingerprint density at radius 3 is 2.75 bits per heavy atom. The van der Waals surface area contributed by atoms with E-state index >= 15 is 0 Å². The number of nitrogen functional groups attached to an aromatic ring is 1. The summed E-state index contributed by atoms with van der Waals surface area (Å²) in [5, 5.41) is 18.0. The van der Waals surface area contributed by atoms with Crippen LogP contribution in [0.5, 0.6) is 0 Å². The van der Waals surface area contributed by atoms with E-state index < -0.39 is 0 Å². The predicted octanol–water partition coefficient (Wildman–Crippen LogP) is 1.16. The maximum atomic E-state index is 11.6. The van der Waals surface area contributed by atoms with Gasteiger partial charge in [0.05, 0.1) is 30.1 Å². The number of hydrogen-bond donors (Lipinski definition) is 3. The summed E-state index contributed by atoms with van der Waals surface area (Å²) in [4.78, 5) is 11.6. The first-order chi connectivity index (χ1) is 9.67. The van der Waals surface area contributed by atoms with E-state index in [0.29, 0.717) is 30.0 Å². The van der Waals surface area contributed by atoms with E-state index in [4.69, 9.17) is 11.0 Å². The molecule has 0 spiro atoms. The molecular formula is C13H14N6O. The molecule has 0 saturated carbocycles. The Balaban J connectivity index is 1.76. The van der Waals surface area contributed by atoms with Crippen molar-refractivity contribution in [2.75, 3.05) is 17.6 Å². The van der Waals surface area contributed by atoms with Crippen molar-refractivity contribution in [3.8, 4) is 6.07 Å². The van der Waals surface area contributed by atoms with Crippen LogP contribution in [0.4, 0.5) is 16.2 Å². The van der Waals surface area contributed by atoms with Crippen LogP contribution in [0.2, 0.25) is 0 Å². The second-order valence-electron chi connectivity index (χ2n) is 4.11. The lowest BCUT2D eigenvalue weighted by atomic mass is 10.2. The van der Waals surface area contributed by atoms with Gasteiger partial charge in [0.1, 0.15) is 0 Å². The molecule has 0 unspecified atom stereocenters. The number of hydrogen-bond acceptors (Lipinski definition) is 4. The van der Waals surface area contributed by atoms with Crippen molar-refractivity contribution < 1.29 is 4.79 Å². The van der Waals surface area contributed by atoms with Gasteiger partial charge in [0.15, 0.2) is 0 Å². The van der Waals surface area contributed by atoms with Crippen LogP contribution < -0.4 is 16.4 Å². The molecule has 4 N–H and O–H groups in total. The lowest BCUT2D eigenvalue weighted by Crippen LogP contribution is -2.31. The molecule has 7 nitrogen and oxygen atoms in total. The molecule has 0 bridgehead atoms. The van der Waals surface area contributed by atoms with Gasteiger partial charge in [-0.2, -0.15) is 10.4 Å². The molecule has 1 aromatic heterocycles. The van der Waals surface area contributed by atoms with Crippen molar-refractivity contribution in [2.24, 2.45) is 0 Å². The van der Waals surface area contributed by atoms with Gasteiger partial charge >= 0.3 is 6.03 Å². The number of aromatic nitrogens is 2. The van der Waals surface area contributed by atoms with E-state index in [1.165, 1.54) is 0 Å². The summed E-state index contributed by atoms with van der Waals surface area (Å²) in [5.41, 5.74) is 7.30. The van der Waals surface area contributed by atoms with Crippen LogP contribution in [0.15, 0.2) is 36.7 Å². The summed E-state index contributed by atoms with van der Waals surface area (Å²) in [5.74, 6) is 0. The first-order valence-electron chi connectivity index (χ1n) is 6.00. The normalized spacial score (nSPS) is 9.75. The summed E-state index contributed by atoms with van der Waals surface area (Å²) in [6.45, 7) is 0.973. The number of nitrogens with zero attached hydrogens (tertiary/aromatic N) is 3. The van der Waals surface area contributed by atoms with Crippen LogP contribution in [0.3, 0.4) is 0 Å². The minimum atomic E-state index is -0.310. The molecule has 0 aliphatic rings. The maximum Gasteiger partial charge on any atom is 0.319 e. The molecular weight excluding hydrogens is 256 g/mol. The summed E-state index contributed by atoms with van der Waals surface area (Å²) in [6, 6.07) is 8.33. The quantitative estimate of drug-likeness (QED) is 0.774. The average Bonchev–Trinajstić information content (AvgIpc) is 2.85. The monoisotopic (exact) mass is 270 g/mol. The van der Waals surface area contributed by atoms with Crippen molar-refractivity contribution in [2.45, 2.75) is 6.54 Å². The van der Waals surface area contributed by atoms with Gasteiger partial charge in [0, 0.05) is 18.4 Å². The highest BCUT2D eigenvalue weighted by molar-refractivity contribution is 5.89. The molecule has 2 amide bonds. The zero-order valence-corrected chi connectivity index (χ0v) is 10.7. The van der Waals surface area contributed by atoms with E-state index in [-0.39, 0.29) is 6.03 Å². The number of carbonyl (C=O) groups excluding carboxylic acids is 1. The zero-order chi connectivity index (χ0) is 14.4. The SMILES string of the molecule is N#Cc1ccc(NC(=O)NCCn2cc(N)cn2)cc1. The third-order valence-electron chi connectivity index (χ3n) is 2.55. The van der Waals surface area contributed by atoms with Gasteiger partial charge in [0.25, 0.3) is 0 Å². The summed E-state index contributed by atoms with van der Waals surface area (Å²) < 4.78 is 1.65. The number of nitriles is 1. The van der Waals surface area contributed by atoms with Gasteiger partial charge in [-0.1, -0.05) is 0 Å². The molecule has 1 aromatic carbocycles. The fourth-order valence-electron chi connectivity index (χ4n) is 1.59. The number of carbonyl (C=O) groups is 1. The van der Waals surface area contributed by atoms with E-state index in [0.717, 1.165) is 0 Å². The van der Waals surface area contributed by atoms with Crippen LogP contribution in [0, 0.1) is 11.3 Å². The Morgan fingerprint density at radius 1 is 1.40 bits per heavy atom. The first-order valence-corrected chi connectivity index (χ1v) is 6.00. The van der Waals surface area contributed by atoms with E-state index in [1.807, 2.05) is 6.07 Å². The van der Waals surface area contributed by atoms with E-state index in [2.05, 4.69) is 15.7 Å². The van der Waals surface area contributed by atoms with Gasteiger partial charge in [-0.05, 0) is 24.3 Å². The van der Waals surface area contributed by atoms with Gasteiger partial charge < -0.3 is 16.4 Å². The molecule has 0 aliphatic carbocycles. The van der Waals surface area contributed by atoms with Crippen LogP contribution >= 0.6 is 0 Å². The zero-order valence-electron chi connectivity index (χ0n) is 10.7. The molecule has 0 radical (unpaired) electrons. The molecule has 0 fully saturated rings. The van der Waals surface area contributed by atoms with Crippen LogP contribution in [-0.4, -0.2) is 22.4 Å². The highest BCUT2D eigenvalue weighted by Crippen LogP contribution is 2.08. The second-order valence-corrected chi connectivity index (χ2v) is 4.11. The number of nitrogens with two attached hydrogens (primary N) is 1. The fraction of sp³-hybridized carbons (Fsp3) is 0.154. The predicted molar refractivity (Wildman–Crippen MR) is 74.8 cm³/mol. The summed E-state index contributed by atoms with van der Waals surface area (Å²) in [7, 11) is 0. The van der Waals surface area contributed by atoms with E-state index in [9.17, 15) is 4.79 Å². The van der Waals surface area contributed by atoms with E-state index in [1.54, 1.807) is 41.3 Å². The Hall–Kier alpha value is -3.01. The standard InChI is InChI=1S/C13H14N6O/c14-7-10-1-3-12(4-2-10)18-13(20)16-5-6-19-9-11(15)8-17-19/h1-4,8-9H,5-6,15H2,(H2,16,18,20). The van der Waals surface area contributed by atoms with Gasteiger partial charge in [-0.3, -0.25) is 4.68 Å². The van der Waals surface area contributed by atoms with Crippen LogP contribution in [0.25, 0.3) is 0 Å². The molecule has 102 valence electrons. The molecule has 7 heteroatoms. The topological polar surface area (TPSA) is 109 Å². The average molecular weight is 270 g/mol. The van der Waals surface area contributed by atoms with Gasteiger partial charge in [0.2, 0.25) is 0 Å². The lowest BCUT2D eigenvalue weighted by molar-refractivity contribution is 0.251. The molecule has 20 heavy (non-hydrogen) atoms. The molecule has 0 atom stereocenters. The van der Waals surface area contributed by atoms with Gasteiger partial charge in [-0.15, -0.1) is 0 Å². The highest BCUT2D eigenvalue weighted by atomic mass is 16.2. The van der Waals surface area contributed by atoms with Crippen molar-refractivity contribution in [1.29, 1.82) is 5.26 Å². The highest BCUT2D eigenvalue weighted by Gasteiger charge is 2.01. The Labute approximate surface area is 116 Å². The fourth-order valence-corrected chi connectivity index (χ4v) is 1.59. The molecule has 2 aromatic rings. The van der Waals surface area contributed by atoms with Crippen LogP contribution in [-0.2, 0) is 6.54 Å². The third-order valence-corrected chi connectivity index (χ3v) is 2.55. The summed E-state index contributed by atoms with van der Waals surface area (Å²) >= 11 is 0. The lowest BCUT2D eigenvalue weighted by Gasteiger charge is -2.07. The number of anilines is 2. The molecule has 2 rings (SSSR count). The maximum absolute atomic E-state index is 11.6. The van der Waals surface area contributed by atoms with Crippen LogP contribution in [0.1, 0.15) is 5.56 Å². The second kappa shape index (κ2) is 6.24. The Bertz CT molecular complexity index is 625. The molecule has 0 saturated heterocycles.